The molecule has 0 bridgehead atoms. The Bertz CT molecular complexity index is 1580. The summed E-state index contributed by atoms with van der Waals surface area (Å²) in [4.78, 5) is 21.5. The summed E-state index contributed by atoms with van der Waals surface area (Å²) in [7, 11) is 0. The highest BCUT2D eigenvalue weighted by molar-refractivity contribution is 7.99. The van der Waals surface area contributed by atoms with Gasteiger partial charge in [0.15, 0.2) is 0 Å². The minimum atomic E-state index is -0.321. The molecule has 0 saturated carbocycles. The molecular weight excluding hydrogens is 464 g/mol. The van der Waals surface area contributed by atoms with Crippen molar-refractivity contribution in [3.8, 4) is 0 Å². The van der Waals surface area contributed by atoms with Crippen LogP contribution in [0.5, 0.6) is 0 Å². The van der Waals surface area contributed by atoms with Crippen LogP contribution < -0.4 is 10.5 Å². The minimum Gasteiger partial charge on any atom is -0.422 e. The fraction of sp³-hybridized carbons (Fsp3) is 0.355. The highest BCUT2D eigenvalue weighted by atomic mass is 32.2. The Hall–Kier alpha value is -3.05. The van der Waals surface area contributed by atoms with E-state index in [1.807, 2.05) is 6.21 Å². The summed E-state index contributed by atoms with van der Waals surface area (Å²) in [6.45, 7) is 11.2. The van der Waals surface area contributed by atoms with Gasteiger partial charge in [-0.3, -0.25) is 4.99 Å². The minimum absolute atomic E-state index is 0.0634. The van der Waals surface area contributed by atoms with E-state index in [0.29, 0.717) is 5.92 Å². The monoisotopic (exact) mass is 496 g/mol. The average Bonchev–Trinajstić information content (AvgIpc) is 2.86. The van der Waals surface area contributed by atoms with Crippen LogP contribution in [-0.4, -0.2) is 25.1 Å². The number of aliphatic imine (C=N–C) groups is 1. The molecule has 3 aromatic carbocycles. The summed E-state index contributed by atoms with van der Waals surface area (Å²) in [5.74, 6) is 1.44. The fourth-order valence-electron chi connectivity index (χ4n) is 5.93. The van der Waals surface area contributed by atoms with Gasteiger partial charge < -0.3 is 9.32 Å². The molecule has 0 spiro atoms. The fourth-order valence-corrected chi connectivity index (χ4v) is 6.83. The predicted molar refractivity (Wildman–Crippen MR) is 153 cm³/mol. The Morgan fingerprint density at radius 1 is 1.14 bits per heavy atom. The third-order valence-corrected chi connectivity index (χ3v) is 8.93. The van der Waals surface area contributed by atoms with Gasteiger partial charge in [-0.1, -0.05) is 58.0 Å². The lowest BCUT2D eigenvalue weighted by Crippen LogP contribution is -2.41. The first-order chi connectivity index (χ1) is 17.4. The van der Waals surface area contributed by atoms with Crippen molar-refractivity contribution in [2.24, 2.45) is 4.99 Å². The zero-order chi connectivity index (χ0) is 25.0. The highest BCUT2D eigenvalue weighted by Crippen LogP contribution is 2.50. The van der Waals surface area contributed by atoms with E-state index >= 15 is 0 Å². The summed E-state index contributed by atoms with van der Waals surface area (Å²) in [6, 6.07) is 16.5. The molecule has 4 aromatic rings. The molecule has 6 rings (SSSR count). The van der Waals surface area contributed by atoms with Crippen LogP contribution in [0.15, 0.2) is 67.6 Å². The Morgan fingerprint density at radius 2 is 1.97 bits per heavy atom. The Labute approximate surface area is 216 Å². The molecule has 0 fully saturated rings. The summed E-state index contributed by atoms with van der Waals surface area (Å²) in [6.07, 6.45) is 4.06. The lowest BCUT2D eigenvalue weighted by molar-refractivity contribution is 0.431. The average molecular weight is 497 g/mol. The Morgan fingerprint density at radius 3 is 2.81 bits per heavy atom. The molecule has 36 heavy (non-hydrogen) atoms. The third kappa shape index (κ3) is 3.76. The van der Waals surface area contributed by atoms with Crippen LogP contribution in [0, 0.1) is 0 Å². The first kappa shape index (κ1) is 23.4. The van der Waals surface area contributed by atoms with E-state index in [1.165, 1.54) is 32.5 Å². The van der Waals surface area contributed by atoms with Gasteiger partial charge in [-0.25, -0.2) is 4.79 Å². The number of nitrogens with zero attached hydrogens (tertiary/aromatic N) is 2. The molecule has 184 valence electrons. The molecule has 0 N–H and O–H groups in total. The van der Waals surface area contributed by atoms with E-state index in [4.69, 9.17) is 9.41 Å². The number of fused-ring (bicyclic) bond motifs is 3. The van der Waals surface area contributed by atoms with E-state index in [1.54, 1.807) is 17.8 Å². The number of benzene rings is 3. The van der Waals surface area contributed by atoms with Crippen molar-refractivity contribution >= 4 is 51.1 Å². The Kier molecular flexibility index (Phi) is 5.71. The van der Waals surface area contributed by atoms with Crippen LogP contribution in [-0.2, 0) is 5.41 Å². The van der Waals surface area contributed by atoms with Gasteiger partial charge in [-0.2, -0.15) is 0 Å². The molecule has 2 aliphatic rings. The molecule has 0 amide bonds. The topological polar surface area (TPSA) is 45.8 Å². The van der Waals surface area contributed by atoms with Crippen LogP contribution in [0.2, 0.25) is 0 Å². The quantitative estimate of drug-likeness (QED) is 0.164. The van der Waals surface area contributed by atoms with Crippen molar-refractivity contribution in [1.82, 2.24) is 0 Å². The molecule has 4 nitrogen and oxygen atoms in total. The van der Waals surface area contributed by atoms with Crippen molar-refractivity contribution in [1.29, 1.82) is 0 Å². The van der Waals surface area contributed by atoms with E-state index in [0.717, 1.165) is 53.9 Å². The summed E-state index contributed by atoms with van der Waals surface area (Å²) in [5, 5.41) is 3.41. The van der Waals surface area contributed by atoms with Gasteiger partial charge in [0.2, 0.25) is 0 Å². The van der Waals surface area contributed by atoms with Crippen molar-refractivity contribution in [3.63, 3.8) is 0 Å². The SMILES string of the molecule is CCSc1c(N=Cc2cc(=O)oc3c4c5c(cc23)C(C)CCN5CCC4(C)C)ccc2ccccc12. The molecule has 1 atom stereocenters. The summed E-state index contributed by atoms with van der Waals surface area (Å²) >= 11 is 1.81. The molecule has 0 aliphatic carbocycles. The second-order valence-electron chi connectivity index (χ2n) is 10.7. The zero-order valence-electron chi connectivity index (χ0n) is 21.4. The number of hydrogen-bond donors (Lipinski definition) is 0. The van der Waals surface area contributed by atoms with Crippen LogP contribution in [0.4, 0.5) is 11.4 Å². The highest BCUT2D eigenvalue weighted by Gasteiger charge is 2.39. The van der Waals surface area contributed by atoms with Gasteiger partial charge >= 0.3 is 5.63 Å². The first-order valence-electron chi connectivity index (χ1n) is 13.0. The van der Waals surface area contributed by atoms with E-state index in [2.05, 4.69) is 75.1 Å². The maximum Gasteiger partial charge on any atom is 0.336 e. The van der Waals surface area contributed by atoms with Crippen molar-refractivity contribution in [2.75, 3.05) is 23.7 Å². The number of rotatable bonds is 4. The molecule has 5 heteroatoms. The van der Waals surface area contributed by atoms with Crippen LogP contribution >= 0.6 is 11.8 Å². The molecular formula is C31H32N2O2S. The smallest absolute Gasteiger partial charge is 0.336 e. The number of anilines is 1. The van der Waals surface area contributed by atoms with Crippen molar-refractivity contribution < 1.29 is 4.42 Å². The normalized spacial score (nSPS) is 18.8. The summed E-state index contributed by atoms with van der Waals surface area (Å²) in [5.41, 5.74) is 5.96. The van der Waals surface area contributed by atoms with Gasteiger partial charge in [0.05, 0.1) is 5.69 Å². The van der Waals surface area contributed by atoms with Crippen LogP contribution in [0.1, 0.15) is 63.1 Å². The van der Waals surface area contributed by atoms with Gasteiger partial charge in [0, 0.05) is 52.5 Å². The van der Waals surface area contributed by atoms with Crippen molar-refractivity contribution in [2.45, 2.75) is 56.8 Å². The molecule has 0 saturated heterocycles. The second kappa shape index (κ2) is 8.81. The lowest BCUT2D eigenvalue weighted by atomic mass is 9.73. The first-order valence-corrected chi connectivity index (χ1v) is 13.9. The second-order valence-corrected chi connectivity index (χ2v) is 12.0. The number of hydrogen-bond acceptors (Lipinski definition) is 5. The molecule has 2 aliphatic heterocycles. The maximum absolute atomic E-state index is 12.8. The van der Waals surface area contributed by atoms with Gasteiger partial charge in [0.25, 0.3) is 0 Å². The number of thioether (sulfide) groups is 1. The van der Waals surface area contributed by atoms with Gasteiger partial charge in [-0.05, 0) is 58.4 Å². The van der Waals surface area contributed by atoms with E-state index < -0.39 is 0 Å². The zero-order valence-corrected chi connectivity index (χ0v) is 22.2. The largest absolute Gasteiger partial charge is 0.422 e. The van der Waals surface area contributed by atoms with Crippen LogP contribution in [0.3, 0.4) is 0 Å². The standard InChI is InChI=1S/C31H32N2O2S/c1-5-36-30-22-9-7-6-8-20(22)10-11-25(30)32-18-21-16-26(34)35-29-24(21)17-23-19(2)12-14-33-15-13-31(3,4)27(29)28(23)33/h6-11,16-19H,5,12-15H2,1-4H3. The predicted octanol–water partition coefficient (Wildman–Crippen LogP) is 7.80. The van der Waals surface area contributed by atoms with E-state index in [9.17, 15) is 4.79 Å². The van der Waals surface area contributed by atoms with Crippen LogP contribution in [0.25, 0.3) is 21.7 Å². The van der Waals surface area contributed by atoms with Crippen molar-refractivity contribution in [3.05, 3.63) is 75.6 Å². The third-order valence-electron chi connectivity index (χ3n) is 7.92. The lowest BCUT2D eigenvalue weighted by Gasteiger charge is -2.45. The molecule has 3 heterocycles. The van der Waals surface area contributed by atoms with Gasteiger partial charge in [0.1, 0.15) is 5.58 Å². The summed E-state index contributed by atoms with van der Waals surface area (Å²) < 4.78 is 5.97. The molecule has 1 aromatic heterocycles. The van der Waals surface area contributed by atoms with E-state index in [-0.39, 0.29) is 11.0 Å². The Balaban J connectivity index is 1.57. The molecule has 1 unspecified atom stereocenters. The molecule has 0 radical (unpaired) electrons. The van der Waals surface area contributed by atoms with Gasteiger partial charge in [-0.15, -0.1) is 11.8 Å². The maximum atomic E-state index is 12.8.